The van der Waals surface area contributed by atoms with Crippen molar-refractivity contribution in [3.05, 3.63) is 414 Å². The Morgan fingerprint density at radius 1 is 0.269 bits per heavy atom. The van der Waals surface area contributed by atoms with Crippen molar-refractivity contribution in [2.24, 2.45) is 0 Å². The summed E-state index contributed by atoms with van der Waals surface area (Å²) in [6.45, 7) is 3.66. The molecule has 21 nitrogen and oxygen atoms in total. The van der Waals surface area contributed by atoms with Gasteiger partial charge in [0.25, 0.3) is 41.4 Å². The number of carbonyl (C=O) groups is 7. The summed E-state index contributed by atoms with van der Waals surface area (Å²) in [6.07, 6.45) is -1.82. The van der Waals surface area contributed by atoms with Gasteiger partial charge in [-0.1, -0.05) is 220 Å². The highest BCUT2D eigenvalue weighted by Gasteiger charge is 2.48. The number of phenols is 2. The largest absolute Gasteiger partial charge is 0.506 e. The molecule has 21 heteroatoms. The van der Waals surface area contributed by atoms with Crippen LogP contribution in [0.5, 0.6) is 11.5 Å². The second-order valence-corrected chi connectivity index (χ2v) is 34.9. The molecule has 7 amide bonds. The number of fused-ring (bicyclic) bond motifs is 13. The molecule has 0 spiro atoms. The zero-order valence-electron chi connectivity index (χ0n) is 71.3. The number of nitrogens with zero attached hydrogens (tertiary/aromatic N) is 11. The van der Waals surface area contributed by atoms with Crippen LogP contribution in [0, 0.1) is 0 Å². The van der Waals surface area contributed by atoms with E-state index >= 15 is 33.6 Å². The summed E-state index contributed by atoms with van der Waals surface area (Å²) >= 11 is 0. The zero-order chi connectivity index (χ0) is 90.3. The van der Waals surface area contributed by atoms with E-state index in [1.54, 1.807) is 24.3 Å². The van der Waals surface area contributed by atoms with E-state index in [4.69, 9.17) is 9.97 Å². The molecule has 3 N–H and O–H groups in total. The van der Waals surface area contributed by atoms with Crippen LogP contribution in [0.1, 0.15) is 109 Å². The summed E-state index contributed by atoms with van der Waals surface area (Å²) in [5.41, 5.74) is 12.1. The minimum absolute atomic E-state index is 0.00106. The molecule has 636 valence electrons. The molecular formula is C113H69N11O10. The van der Waals surface area contributed by atoms with Gasteiger partial charge < -0.3 is 29.0 Å². The van der Waals surface area contributed by atoms with E-state index in [0.29, 0.717) is 56.6 Å². The summed E-state index contributed by atoms with van der Waals surface area (Å²) in [4.78, 5) is 126. The smallest absolute Gasteiger partial charge is 0.266 e. The zero-order valence-corrected chi connectivity index (χ0v) is 71.3. The Labute approximate surface area is 760 Å². The van der Waals surface area contributed by atoms with Crippen molar-refractivity contribution < 1.29 is 48.9 Å². The monoisotopic (exact) mass is 1740 g/mol. The number of aromatic hydroxyl groups is 2. The molecule has 0 saturated carbocycles. The number of carbonyl (C=O) groups excluding carboxylic acids is 7. The molecule has 9 heterocycles. The van der Waals surface area contributed by atoms with Crippen molar-refractivity contribution in [1.82, 2.24) is 32.8 Å². The Kier molecular flexibility index (Phi) is 16.3. The van der Waals surface area contributed by atoms with Crippen LogP contribution < -0.4 is 19.6 Å². The fourth-order valence-corrected chi connectivity index (χ4v) is 21.2. The molecule has 4 aliphatic heterocycles. The van der Waals surface area contributed by atoms with E-state index < -0.39 is 64.5 Å². The molecule has 22 aromatic rings. The second-order valence-electron chi connectivity index (χ2n) is 34.9. The second kappa shape index (κ2) is 28.4. The number of anilines is 4. The summed E-state index contributed by atoms with van der Waals surface area (Å²) in [5, 5.41) is 42.9. The average Bonchev–Trinajstić information content (AvgIpc) is 1.42. The Morgan fingerprint density at radius 3 is 1.03 bits per heavy atom. The van der Waals surface area contributed by atoms with Gasteiger partial charge in [0.2, 0.25) is 0 Å². The Morgan fingerprint density at radius 2 is 0.604 bits per heavy atom. The third-order valence-corrected chi connectivity index (χ3v) is 27.4. The third kappa shape index (κ3) is 10.8. The number of aliphatic hydroxyl groups is 1. The van der Waals surface area contributed by atoms with E-state index in [9.17, 15) is 15.3 Å². The molecule has 5 aromatic heterocycles. The highest BCUT2D eigenvalue weighted by molar-refractivity contribution is 6.43. The van der Waals surface area contributed by atoms with Gasteiger partial charge in [0.05, 0.1) is 112 Å². The highest BCUT2D eigenvalue weighted by atomic mass is 16.3. The summed E-state index contributed by atoms with van der Waals surface area (Å²) in [7, 11) is 0. The van der Waals surface area contributed by atoms with Crippen LogP contribution in [0.3, 0.4) is 0 Å². The number of hydrogen-bond acceptors (Lipinski definition) is 12. The topological polar surface area (TPSA) is 244 Å². The van der Waals surface area contributed by atoms with Gasteiger partial charge in [-0.2, -0.15) is 0 Å². The van der Waals surface area contributed by atoms with Gasteiger partial charge in [-0.15, -0.1) is 0 Å². The first-order valence-electron chi connectivity index (χ1n) is 43.9. The summed E-state index contributed by atoms with van der Waals surface area (Å²) < 4.78 is 10.5. The molecule has 0 bridgehead atoms. The van der Waals surface area contributed by atoms with E-state index in [2.05, 4.69) is 62.2 Å². The van der Waals surface area contributed by atoms with Crippen molar-refractivity contribution in [3.8, 4) is 62.7 Å². The van der Waals surface area contributed by atoms with Crippen LogP contribution in [0.15, 0.2) is 358 Å². The molecule has 0 fully saturated rings. The number of amides is 7. The van der Waals surface area contributed by atoms with Crippen LogP contribution in [0.4, 0.5) is 22.7 Å². The quantitative estimate of drug-likeness (QED) is 0.0913. The number of phenolic OH excluding ortho intramolecular Hbond substituents is 2. The van der Waals surface area contributed by atoms with E-state index in [1.807, 2.05) is 247 Å². The number of imidazole rings is 2. The van der Waals surface area contributed by atoms with Crippen LogP contribution in [-0.4, -0.2) is 89.5 Å². The van der Waals surface area contributed by atoms with Gasteiger partial charge in [-0.25, -0.2) is 24.7 Å². The summed E-state index contributed by atoms with van der Waals surface area (Å²) in [6, 6.07) is 111. The average molecular weight is 1740 g/mol. The first-order valence-corrected chi connectivity index (χ1v) is 43.9. The molecular weight excluding hydrogens is 1670 g/mol. The van der Waals surface area contributed by atoms with Gasteiger partial charge in [-0.3, -0.25) is 47.6 Å². The molecule has 26 rings (SSSR count). The lowest BCUT2D eigenvalue weighted by Gasteiger charge is -2.33. The molecule has 134 heavy (non-hydrogen) atoms. The first-order chi connectivity index (χ1) is 65.4. The van der Waals surface area contributed by atoms with Gasteiger partial charge in [0.1, 0.15) is 28.8 Å². The lowest BCUT2D eigenvalue weighted by molar-refractivity contribution is 0.0872. The number of hydrogen-bond donors (Lipinski definition) is 3. The van der Waals surface area contributed by atoms with Gasteiger partial charge in [0, 0.05) is 93.0 Å². The molecule has 0 saturated heterocycles. The number of aromatic nitrogens is 7. The van der Waals surface area contributed by atoms with Crippen LogP contribution in [0.2, 0.25) is 0 Å². The first kappa shape index (κ1) is 77.0. The fraction of sp³-hybridized carbons (Fsp3) is 0.0354. The maximum Gasteiger partial charge on any atom is 0.266 e. The number of rotatable bonds is 13. The minimum atomic E-state index is -1.82. The number of imide groups is 3. The standard InChI is InChI=1S/C113H69N11O10/c1-113(2,64-45-51-98(125)94(53-64)122-107(129)78-49-47-76-100-77(48-50-79(101(78)100)108(122)130)106(128)119(105(76)127)68-56-66(117-92-43-23-15-35-84(92)114-103(117)62-25-5-3-6-26-62)55-67(57-68)118-93-44-24-16-36-85(93)115-104(118)63-27-7-4-8-28-63)65-46-52-99(126)95(54-65)123-109(131)80-60-82-83(61-81(80)110(123)132)112(134)124(111(82)133)102-96(120-88-39-19-11-31-72(88)73-32-12-20-40-89(73)120)58-69(116-86-37-17-9-29-70(86)71-30-10-18-38-87(71)116)59-97(102)121-90-41-21-13-33-74(90)75-34-14-22-42-91(75)121/h3-61,109,125-126,131H,1-2H3. The van der Waals surface area contributed by atoms with Crippen molar-refractivity contribution in [2.75, 3.05) is 19.6 Å². The van der Waals surface area contributed by atoms with Gasteiger partial charge >= 0.3 is 0 Å². The predicted molar refractivity (Wildman–Crippen MR) is 520 cm³/mol. The SMILES string of the molecule is CC(C)(c1ccc(O)c(N2C(=O)c3ccc4c5c(ccc(c35)C2=O)C(=O)N(c2cc(-n3c(-c5ccccc5)nc5ccccc53)cc(-n3c(-c5ccccc5)nc5ccccc53)c2)C4=O)c1)c1ccc(O)c(N2C(=O)c3cc4c(cc3C2O)C(=O)N(c2c(-n3c5ccccc5c5ccccc53)cc(-n3c5ccccc5c5ccccc53)cc2-n2c3ccccc3c3ccccc32)C4=O)c1. The molecule has 0 radical (unpaired) electrons. The van der Waals surface area contributed by atoms with E-state index in [-0.39, 0.29) is 78.0 Å². The van der Waals surface area contributed by atoms with Gasteiger partial charge in [0.15, 0.2) is 6.23 Å². The molecule has 1 unspecified atom stereocenters. The van der Waals surface area contributed by atoms with Crippen LogP contribution >= 0.6 is 0 Å². The fourth-order valence-electron chi connectivity index (χ4n) is 21.2. The third-order valence-electron chi connectivity index (χ3n) is 27.4. The van der Waals surface area contributed by atoms with Crippen molar-refractivity contribution in [3.63, 3.8) is 0 Å². The van der Waals surface area contributed by atoms with Crippen molar-refractivity contribution in [2.45, 2.75) is 25.5 Å². The number of benzene rings is 17. The molecule has 1 atom stereocenters. The van der Waals surface area contributed by atoms with Crippen molar-refractivity contribution in [1.29, 1.82) is 0 Å². The number of para-hydroxylation sites is 10. The van der Waals surface area contributed by atoms with E-state index in [1.165, 1.54) is 65.6 Å². The van der Waals surface area contributed by atoms with E-state index in [0.717, 1.165) is 108 Å². The normalized spacial score (nSPS) is 14.4. The number of aliphatic hydroxyl groups excluding tert-OH is 1. The summed E-state index contributed by atoms with van der Waals surface area (Å²) in [5.74, 6) is -5.02. The maximum absolute atomic E-state index is 16.4. The van der Waals surface area contributed by atoms with Crippen molar-refractivity contribution >= 4 is 162 Å². The van der Waals surface area contributed by atoms with Crippen LogP contribution in [0.25, 0.3) is 149 Å². The molecule has 4 aliphatic rings. The Balaban J connectivity index is 0.544. The molecule has 0 aliphatic carbocycles. The predicted octanol–water partition coefficient (Wildman–Crippen LogP) is 22.9. The highest BCUT2D eigenvalue weighted by Crippen LogP contribution is 2.52. The maximum atomic E-state index is 16.4. The molecule has 17 aromatic carbocycles. The lowest BCUT2D eigenvalue weighted by Crippen LogP contribution is -2.43. The Hall–Kier alpha value is -18.2. The van der Waals surface area contributed by atoms with Gasteiger partial charge in [-0.05, 0) is 163 Å². The minimum Gasteiger partial charge on any atom is -0.506 e. The Bertz CT molecular complexity index is 8630. The lowest BCUT2D eigenvalue weighted by atomic mass is 9.77. The van der Waals surface area contributed by atoms with Crippen LogP contribution in [-0.2, 0) is 5.41 Å².